The molecule has 4 aromatic rings. The summed E-state index contributed by atoms with van der Waals surface area (Å²) in [4.78, 5) is 16.2. The lowest BCUT2D eigenvalue weighted by molar-refractivity contribution is 0.0587. The van der Waals surface area contributed by atoms with Crippen molar-refractivity contribution in [3.8, 4) is 22.7 Å². The van der Waals surface area contributed by atoms with E-state index in [4.69, 9.17) is 10.2 Å². The number of carbonyl (C=O) groups is 1. The Hall–Kier alpha value is -3.92. The van der Waals surface area contributed by atoms with Crippen molar-refractivity contribution in [2.45, 2.75) is 5.09 Å². The molecule has 0 saturated heterocycles. The van der Waals surface area contributed by atoms with E-state index < -0.39 is 26.8 Å². The van der Waals surface area contributed by atoms with Crippen molar-refractivity contribution in [2.75, 3.05) is 12.8 Å². The van der Waals surface area contributed by atoms with Gasteiger partial charge in [0.25, 0.3) is 5.09 Å². The fourth-order valence-corrected chi connectivity index (χ4v) is 4.05. The van der Waals surface area contributed by atoms with Gasteiger partial charge in [-0.15, -0.1) is 4.09 Å². The Morgan fingerprint density at radius 2 is 1.63 bits per heavy atom. The number of rotatable bonds is 5. The summed E-state index contributed by atoms with van der Waals surface area (Å²) in [6, 6.07) is 18.9. The lowest BCUT2D eigenvalue weighted by Gasteiger charge is -2.04. The highest BCUT2D eigenvalue weighted by molar-refractivity contribution is 7.89. The van der Waals surface area contributed by atoms with Gasteiger partial charge in [0, 0.05) is 17.2 Å². The topological polar surface area (TPSA) is 130 Å². The second-order valence-electron chi connectivity index (χ2n) is 6.18. The second-order valence-corrected chi connectivity index (χ2v) is 7.85. The van der Waals surface area contributed by atoms with E-state index in [2.05, 4.69) is 14.8 Å². The molecule has 152 valence electrons. The number of nitrogens with two attached hydrogens (primary N) is 1. The van der Waals surface area contributed by atoms with Gasteiger partial charge in [-0.3, -0.25) is 0 Å². The van der Waals surface area contributed by atoms with Gasteiger partial charge >= 0.3 is 16.0 Å². The van der Waals surface area contributed by atoms with Crippen LogP contribution < -0.4 is 5.73 Å². The summed E-state index contributed by atoms with van der Waals surface area (Å²) in [5.74, 6) is -1.17. The molecule has 2 N–H and O–H groups in total. The van der Waals surface area contributed by atoms with Crippen LogP contribution in [0.15, 0.2) is 76.2 Å². The van der Waals surface area contributed by atoms with Gasteiger partial charge in [-0.2, -0.15) is 13.5 Å². The Labute approximate surface area is 171 Å². The molecule has 0 aliphatic carbocycles. The van der Waals surface area contributed by atoms with Crippen LogP contribution in [0.4, 0.5) is 5.82 Å². The molecule has 0 unspecified atom stereocenters. The van der Waals surface area contributed by atoms with Crippen molar-refractivity contribution in [3.63, 3.8) is 0 Å². The zero-order valence-electron chi connectivity index (χ0n) is 15.7. The molecule has 0 radical (unpaired) electrons. The molecule has 2 aromatic heterocycles. The smallest absolute Gasteiger partial charge is 0.361 e. The number of ether oxygens (including phenoxy) is 1. The Balaban J connectivity index is 1.86. The average molecular weight is 424 g/mol. The number of aromatic nitrogens is 3. The van der Waals surface area contributed by atoms with E-state index in [0.717, 1.165) is 7.11 Å². The standard InChI is InChI=1S/C20H16N4O5S/c1-28-19(25)17-20(29-18(22-17)14-10-6-3-7-11-14)30(26,27)24-16(21)12-15(23-24)13-8-4-2-5-9-13/h2-12H,21H2,1H3. The molecule has 0 aliphatic rings. The summed E-state index contributed by atoms with van der Waals surface area (Å²) in [7, 11) is -3.36. The van der Waals surface area contributed by atoms with Gasteiger partial charge < -0.3 is 14.9 Å². The Morgan fingerprint density at radius 3 is 2.23 bits per heavy atom. The number of nitrogens with zero attached hydrogens (tertiary/aromatic N) is 3. The Morgan fingerprint density at radius 1 is 1.03 bits per heavy atom. The van der Waals surface area contributed by atoms with Crippen LogP contribution in [0.25, 0.3) is 22.7 Å². The van der Waals surface area contributed by atoms with Gasteiger partial charge in [0.15, 0.2) is 0 Å². The van der Waals surface area contributed by atoms with E-state index in [1.807, 2.05) is 6.07 Å². The van der Waals surface area contributed by atoms with Crippen LogP contribution in [-0.4, -0.2) is 35.7 Å². The van der Waals surface area contributed by atoms with Crippen molar-refractivity contribution >= 4 is 21.8 Å². The summed E-state index contributed by atoms with van der Waals surface area (Å²) in [5.41, 5.74) is 6.94. The Kier molecular flexibility index (Phi) is 4.84. The molecule has 30 heavy (non-hydrogen) atoms. The minimum absolute atomic E-state index is 0.0522. The number of anilines is 1. The van der Waals surface area contributed by atoms with Crippen molar-refractivity contribution in [2.24, 2.45) is 0 Å². The van der Waals surface area contributed by atoms with Crippen molar-refractivity contribution in [1.82, 2.24) is 14.2 Å². The van der Waals surface area contributed by atoms with Gasteiger partial charge in [0.2, 0.25) is 11.6 Å². The number of hydrogen-bond acceptors (Lipinski definition) is 8. The number of methoxy groups -OCH3 is 1. The normalized spacial score (nSPS) is 11.4. The van der Waals surface area contributed by atoms with E-state index in [0.29, 0.717) is 20.9 Å². The predicted octanol–water partition coefficient (Wildman–Crippen LogP) is 2.81. The number of carbonyl (C=O) groups excluding carboxylic acids is 1. The summed E-state index contributed by atoms with van der Waals surface area (Å²) in [6.45, 7) is 0. The number of hydrogen-bond donors (Lipinski definition) is 1. The lowest BCUT2D eigenvalue weighted by Crippen LogP contribution is -2.19. The van der Waals surface area contributed by atoms with E-state index in [-0.39, 0.29) is 11.7 Å². The molecule has 10 heteroatoms. The fraction of sp³-hybridized carbons (Fsp3) is 0.0500. The van der Waals surface area contributed by atoms with Crippen LogP contribution in [0, 0.1) is 0 Å². The summed E-state index contributed by atoms with van der Waals surface area (Å²) < 4.78 is 37.3. The van der Waals surface area contributed by atoms with Crippen LogP contribution in [-0.2, 0) is 14.8 Å². The summed E-state index contributed by atoms with van der Waals surface area (Å²) in [6.07, 6.45) is 0. The molecule has 2 aromatic carbocycles. The quantitative estimate of drug-likeness (QED) is 0.484. The highest BCUT2D eigenvalue weighted by atomic mass is 32.2. The third-order valence-corrected chi connectivity index (χ3v) is 5.72. The minimum Gasteiger partial charge on any atom is -0.464 e. The Bertz CT molecular complexity index is 1310. The molecule has 0 saturated carbocycles. The van der Waals surface area contributed by atoms with Crippen LogP contribution in [0.1, 0.15) is 10.5 Å². The van der Waals surface area contributed by atoms with Gasteiger partial charge in [0.05, 0.1) is 12.8 Å². The van der Waals surface area contributed by atoms with E-state index >= 15 is 0 Å². The summed E-state index contributed by atoms with van der Waals surface area (Å²) >= 11 is 0. The number of nitrogen functional groups attached to an aromatic ring is 1. The molecule has 0 spiro atoms. The molecular weight excluding hydrogens is 408 g/mol. The fourth-order valence-electron chi connectivity index (χ4n) is 2.81. The molecular formula is C20H16N4O5S. The monoisotopic (exact) mass is 424 g/mol. The molecule has 2 heterocycles. The summed E-state index contributed by atoms with van der Waals surface area (Å²) in [5, 5.41) is 3.39. The van der Waals surface area contributed by atoms with Crippen LogP contribution in [0.2, 0.25) is 0 Å². The first kappa shape index (κ1) is 19.4. The van der Waals surface area contributed by atoms with E-state index in [9.17, 15) is 13.2 Å². The largest absolute Gasteiger partial charge is 0.464 e. The molecule has 0 amide bonds. The van der Waals surface area contributed by atoms with E-state index in [1.165, 1.54) is 6.07 Å². The first-order chi connectivity index (χ1) is 14.4. The average Bonchev–Trinajstić information content (AvgIpc) is 3.40. The number of benzene rings is 2. The number of esters is 1. The van der Waals surface area contributed by atoms with Gasteiger partial charge in [-0.05, 0) is 12.1 Å². The van der Waals surface area contributed by atoms with Crippen LogP contribution in [0.5, 0.6) is 0 Å². The first-order valence-electron chi connectivity index (χ1n) is 8.73. The molecule has 0 fully saturated rings. The molecule has 0 bridgehead atoms. The maximum Gasteiger partial charge on any atom is 0.361 e. The first-order valence-corrected chi connectivity index (χ1v) is 10.2. The lowest BCUT2D eigenvalue weighted by atomic mass is 10.2. The van der Waals surface area contributed by atoms with Crippen LogP contribution in [0.3, 0.4) is 0 Å². The highest BCUT2D eigenvalue weighted by Crippen LogP contribution is 2.29. The van der Waals surface area contributed by atoms with Gasteiger partial charge in [-0.25, -0.2) is 9.78 Å². The molecule has 9 nitrogen and oxygen atoms in total. The maximum atomic E-state index is 13.3. The van der Waals surface area contributed by atoms with Gasteiger partial charge in [-0.1, -0.05) is 48.5 Å². The van der Waals surface area contributed by atoms with Gasteiger partial charge in [0.1, 0.15) is 5.82 Å². The zero-order chi connectivity index (χ0) is 21.3. The van der Waals surface area contributed by atoms with Crippen molar-refractivity contribution in [3.05, 3.63) is 72.4 Å². The molecule has 4 rings (SSSR count). The van der Waals surface area contributed by atoms with Crippen molar-refractivity contribution < 1.29 is 22.4 Å². The molecule has 0 aliphatic heterocycles. The zero-order valence-corrected chi connectivity index (χ0v) is 16.5. The highest BCUT2D eigenvalue weighted by Gasteiger charge is 2.34. The van der Waals surface area contributed by atoms with Crippen LogP contribution >= 0.6 is 0 Å². The van der Waals surface area contributed by atoms with Crippen molar-refractivity contribution in [1.29, 1.82) is 0 Å². The molecule has 0 atom stereocenters. The number of oxazole rings is 1. The maximum absolute atomic E-state index is 13.3. The SMILES string of the molecule is COC(=O)c1nc(-c2ccccc2)oc1S(=O)(=O)n1nc(-c2ccccc2)cc1N. The predicted molar refractivity (Wildman–Crippen MR) is 108 cm³/mol. The minimum atomic E-state index is -4.48. The second kappa shape index (κ2) is 7.48. The third-order valence-electron chi connectivity index (χ3n) is 4.23. The third kappa shape index (κ3) is 3.33. The van der Waals surface area contributed by atoms with E-state index in [1.54, 1.807) is 54.6 Å².